The van der Waals surface area contributed by atoms with Gasteiger partial charge in [0.2, 0.25) is 0 Å². The van der Waals surface area contributed by atoms with Crippen LogP contribution in [0.15, 0.2) is 22.7 Å². The second-order valence-corrected chi connectivity index (χ2v) is 6.33. The smallest absolute Gasteiger partial charge is 0.142 e. The highest BCUT2D eigenvalue weighted by Gasteiger charge is 2.34. The van der Waals surface area contributed by atoms with Crippen molar-refractivity contribution in [2.24, 2.45) is 5.41 Å². The van der Waals surface area contributed by atoms with Gasteiger partial charge in [-0.15, -0.1) is 0 Å². The minimum Gasteiger partial charge on any atom is -0.370 e. The van der Waals surface area contributed by atoms with Crippen LogP contribution >= 0.6 is 15.9 Å². The number of aryl methyl sites for hydroxylation is 1. The summed E-state index contributed by atoms with van der Waals surface area (Å²) < 4.78 is 1.10. The summed E-state index contributed by atoms with van der Waals surface area (Å²) in [6.07, 6.45) is 0.655. The monoisotopic (exact) mass is 295 g/mol. The maximum absolute atomic E-state index is 11.8. The van der Waals surface area contributed by atoms with Gasteiger partial charge in [0, 0.05) is 35.1 Å². The Hall–Kier alpha value is -0.830. The Morgan fingerprint density at radius 2 is 2.06 bits per heavy atom. The first kappa shape index (κ1) is 12.6. The number of rotatable bonds is 1. The van der Waals surface area contributed by atoms with E-state index in [9.17, 15) is 4.79 Å². The lowest BCUT2D eigenvalue weighted by Crippen LogP contribution is -2.46. The molecule has 1 aliphatic rings. The predicted octanol–water partition coefficient (Wildman–Crippen LogP) is 3.56. The Bertz CT molecular complexity index is 454. The number of Topliss-reactive ketones (excluding diaryl/α,β-unsaturated/α-hetero) is 1. The molecule has 0 spiro atoms. The zero-order chi connectivity index (χ0) is 12.6. The summed E-state index contributed by atoms with van der Waals surface area (Å²) >= 11 is 3.48. The van der Waals surface area contributed by atoms with Gasteiger partial charge >= 0.3 is 0 Å². The molecule has 0 atom stereocenters. The quantitative estimate of drug-likeness (QED) is 0.789. The fourth-order valence-corrected chi connectivity index (χ4v) is 2.87. The maximum Gasteiger partial charge on any atom is 0.142 e. The number of anilines is 1. The molecule has 1 aromatic rings. The molecular formula is C14H18BrNO. The number of ketones is 1. The van der Waals surface area contributed by atoms with E-state index < -0.39 is 0 Å². The van der Waals surface area contributed by atoms with Crippen molar-refractivity contribution in [3.05, 3.63) is 28.2 Å². The molecule has 0 radical (unpaired) electrons. The molecule has 0 saturated carbocycles. The zero-order valence-electron chi connectivity index (χ0n) is 10.6. The first-order valence-electron chi connectivity index (χ1n) is 5.94. The summed E-state index contributed by atoms with van der Waals surface area (Å²) in [5.74, 6) is 0.378. The van der Waals surface area contributed by atoms with Crippen LogP contribution in [0.3, 0.4) is 0 Å². The standard InChI is InChI=1S/C14H18BrNO/c1-10-8-11(15)4-5-12(10)16-7-6-13(17)14(2,3)9-16/h4-5,8H,6-7,9H2,1-3H3. The largest absolute Gasteiger partial charge is 0.370 e. The summed E-state index contributed by atoms with van der Waals surface area (Å²) in [6.45, 7) is 7.84. The molecule has 0 unspecified atom stereocenters. The summed E-state index contributed by atoms with van der Waals surface area (Å²) in [5.41, 5.74) is 2.27. The Morgan fingerprint density at radius 1 is 1.35 bits per heavy atom. The van der Waals surface area contributed by atoms with Crippen molar-refractivity contribution in [1.29, 1.82) is 0 Å². The van der Waals surface area contributed by atoms with Gasteiger partial charge < -0.3 is 4.90 Å². The van der Waals surface area contributed by atoms with Crippen molar-refractivity contribution >= 4 is 27.4 Å². The van der Waals surface area contributed by atoms with Crippen molar-refractivity contribution in [1.82, 2.24) is 0 Å². The third-order valence-corrected chi connectivity index (χ3v) is 3.94. The zero-order valence-corrected chi connectivity index (χ0v) is 12.2. The summed E-state index contributed by atoms with van der Waals surface area (Å²) in [5, 5.41) is 0. The van der Waals surface area contributed by atoms with E-state index in [1.54, 1.807) is 0 Å². The number of hydrogen-bond acceptors (Lipinski definition) is 2. The van der Waals surface area contributed by atoms with Crippen LogP contribution in [-0.4, -0.2) is 18.9 Å². The molecule has 0 aliphatic carbocycles. The molecule has 92 valence electrons. The van der Waals surface area contributed by atoms with E-state index in [1.165, 1.54) is 11.3 Å². The fraction of sp³-hybridized carbons (Fsp3) is 0.500. The molecule has 1 saturated heterocycles. The van der Waals surface area contributed by atoms with E-state index in [0.717, 1.165) is 17.6 Å². The van der Waals surface area contributed by atoms with E-state index in [1.807, 2.05) is 13.8 Å². The van der Waals surface area contributed by atoms with Gasteiger partial charge in [-0.1, -0.05) is 29.8 Å². The predicted molar refractivity (Wildman–Crippen MR) is 74.5 cm³/mol. The van der Waals surface area contributed by atoms with Crippen molar-refractivity contribution in [2.45, 2.75) is 27.2 Å². The van der Waals surface area contributed by atoms with Crippen molar-refractivity contribution in [2.75, 3.05) is 18.0 Å². The molecule has 2 rings (SSSR count). The Labute approximate surface area is 111 Å². The van der Waals surface area contributed by atoms with Gasteiger partial charge in [-0.3, -0.25) is 4.79 Å². The summed E-state index contributed by atoms with van der Waals surface area (Å²) in [4.78, 5) is 14.1. The lowest BCUT2D eigenvalue weighted by atomic mass is 9.82. The lowest BCUT2D eigenvalue weighted by Gasteiger charge is -2.38. The summed E-state index contributed by atoms with van der Waals surface area (Å²) in [7, 11) is 0. The minimum atomic E-state index is -0.224. The highest BCUT2D eigenvalue weighted by molar-refractivity contribution is 9.10. The molecule has 0 amide bonds. The highest BCUT2D eigenvalue weighted by Crippen LogP contribution is 2.31. The Kier molecular flexibility index (Phi) is 3.30. The number of hydrogen-bond donors (Lipinski definition) is 0. The van der Waals surface area contributed by atoms with Crippen LogP contribution in [0.2, 0.25) is 0 Å². The van der Waals surface area contributed by atoms with E-state index in [4.69, 9.17) is 0 Å². The molecule has 1 aliphatic heterocycles. The molecule has 17 heavy (non-hydrogen) atoms. The second kappa shape index (κ2) is 4.45. The number of benzene rings is 1. The van der Waals surface area contributed by atoms with E-state index in [2.05, 4.69) is 46.0 Å². The van der Waals surface area contributed by atoms with Gasteiger partial charge in [0.1, 0.15) is 5.78 Å². The average molecular weight is 296 g/mol. The number of piperidine rings is 1. The molecule has 1 fully saturated rings. The topological polar surface area (TPSA) is 20.3 Å². The van der Waals surface area contributed by atoms with Crippen LogP contribution in [0.25, 0.3) is 0 Å². The fourth-order valence-electron chi connectivity index (χ4n) is 2.40. The SMILES string of the molecule is Cc1cc(Br)ccc1N1CCC(=O)C(C)(C)C1. The average Bonchev–Trinajstić information content (AvgIpc) is 2.22. The van der Waals surface area contributed by atoms with Crippen LogP contribution in [-0.2, 0) is 4.79 Å². The first-order valence-corrected chi connectivity index (χ1v) is 6.74. The van der Waals surface area contributed by atoms with E-state index >= 15 is 0 Å². The van der Waals surface area contributed by atoms with Crippen LogP contribution in [0.4, 0.5) is 5.69 Å². The Morgan fingerprint density at radius 3 is 2.65 bits per heavy atom. The van der Waals surface area contributed by atoms with Crippen LogP contribution < -0.4 is 4.90 Å². The first-order chi connectivity index (χ1) is 7.90. The normalized spacial score (nSPS) is 19.5. The van der Waals surface area contributed by atoms with Gasteiger partial charge in [0.25, 0.3) is 0 Å². The minimum absolute atomic E-state index is 0.224. The number of carbonyl (C=O) groups is 1. The summed E-state index contributed by atoms with van der Waals surface area (Å²) in [6, 6.07) is 6.32. The molecule has 0 bridgehead atoms. The molecule has 0 N–H and O–H groups in total. The van der Waals surface area contributed by atoms with E-state index in [0.29, 0.717) is 12.2 Å². The van der Waals surface area contributed by atoms with Gasteiger partial charge in [-0.2, -0.15) is 0 Å². The van der Waals surface area contributed by atoms with Crippen molar-refractivity contribution in [3.8, 4) is 0 Å². The van der Waals surface area contributed by atoms with Gasteiger partial charge in [-0.25, -0.2) is 0 Å². The van der Waals surface area contributed by atoms with Crippen LogP contribution in [0.1, 0.15) is 25.8 Å². The third kappa shape index (κ3) is 2.54. The van der Waals surface area contributed by atoms with Crippen molar-refractivity contribution in [3.63, 3.8) is 0 Å². The maximum atomic E-state index is 11.8. The third-order valence-electron chi connectivity index (χ3n) is 3.45. The molecule has 1 heterocycles. The Balaban J connectivity index is 2.27. The molecule has 3 heteroatoms. The van der Waals surface area contributed by atoms with Gasteiger partial charge in [0.05, 0.1) is 0 Å². The number of halogens is 1. The highest BCUT2D eigenvalue weighted by atomic mass is 79.9. The van der Waals surface area contributed by atoms with Crippen LogP contribution in [0, 0.1) is 12.3 Å². The van der Waals surface area contributed by atoms with Gasteiger partial charge in [0.15, 0.2) is 0 Å². The molecule has 1 aromatic carbocycles. The van der Waals surface area contributed by atoms with Crippen LogP contribution in [0.5, 0.6) is 0 Å². The van der Waals surface area contributed by atoms with E-state index in [-0.39, 0.29) is 5.41 Å². The number of nitrogens with zero attached hydrogens (tertiary/aromatic N) is 1. The lowest BCUT2D eigenvalue weighted by molar-refractivity contribution is -0.127. The molecule has 0 aromatic heterocycles. The van der Waals surface area contributed by atoms with Crippen molar-refractivity contribution < 1.29 is 4.79 Å². The molecule has 2 nitrogen and oxygen atoms in total. The second-order valence-electron chi connectivity index (χ2n) is 5.41. The molecular weight excluding hydrogens is 278 g/mol. The van der Waals surface area contributed by atoms with Gasteiger partial charge in [-0.05, 0) is 30.7 Å². The number of carbonyl (C=O) groups excluding carboxylic acids is 1.